The summed E-state index contributed by atoms with van der Waals surface area (Å²) in [4.78, 5) is 4.39. The Labute approximate surface area is 115 Å². The van der Waals surface area contributed by atoms with Gasteiger partial charge >= 0.3 is 0 Å². The molecule has 0 amide bonds. The highest BCUT2D eigenvalue weighted by molar-refractivity contribution is 7.71. The molecule has 1 aromatic carbocycles. The lowest BCUT2D eigenvalue weighted by molar-refractivity contribution is 0.735. The van der Waals surface area contributed by atoms with Gasteiger partial charge < -0.3 is 0 Å². The van der Waals surface area contributed by atoms with Crippen LogP contribution in [0.2, 0.25) is 0 Å². The second kappa shape index (κ2) is 3.99. The van der Waals surface area contributed by atoms with Crippen molar-refractivity contribution in [1.29, 1.82) is 0 Å². The Morgan fingerprint density at radius 2 is 2.11 bits per heavy atom. The van der Waals surface area contributed by atoms with Crippen molar-refractivity contribution in [2.45, 2.75) is 18.9 Å². The molecule has 2 aromatic heterocycles. The lowest BCUT2D eigenvalue weighted by atomic mass is 10.1. The molecule has 94 valence electrons. The number of hydrogen-bond acceptors (Lipinski definition) is 3. The van der Waals surface area contributed by atoms with Crippen LogP contribution in [-0.2, 0) is 0 Å². The minimum absolute atomic E-state index is 0.508. The summed E-state index contributed by atoms with van der Waals surface area (Å²) in [7, 11) is 0. The fourth-order valence-electron chi connectivity index (χ4n) is 2.46. The second-order valence-corrected chi connectivity index (χ2v) is 5.22. The van der Waals surface area contributed by atoms with Crippen molar-refractivity contribution in [2.24, 2.45) is 0 Å². The Morgan fingerprint density at radius 3 is 2.95 bits per heavy atom. The zero-order chi connectivity index (χ0) is 12.8. The minimum Gasteiger partial charge on any atom is -0.297 e. The fraction of sp³-hybridized carbons (Fsp3) is 0.214. The quantitative estimate of drug-likeness (QED) is 0.724. The van der Waals surface area contributed by atoms with Crippen molar-refractivity contribution < 1.29 is 0 Å². The van der Waals surface area contributed by atoms with Crippen molar-refractivity contribution in [3.05, 3.63) is 41.3 Å². The van der Waals surface area contributed by atoms with Crippen LogP contribution in [0.25, 0.3) is 22.3 Å². The number of hydrogen-bond donors (Lipinski definition) is 1. The second-order valence-electron chi connectivity index (χ2n) is 4.83. The molecule has 0 aliphatic heterocycles. The van der Waals surface area contributed by atoms with Crippen LogP contribution in [0.5, 0.6) is 0 Å². The van der Waals surface area contributed by atoms with Gasteiger partial charge in [-0.15, -0.1) is 0 Å². The van der Waals surface area contributed by atoms with Crippen LogP contribution < -0.4 is 0 Å². The number of H-pyrrole nitrogens is 1. The van der Waals surface area contributed by atoms with Gasteiger partial charge in [-0.1, -0.05) is 18.2 Å². The molecule has 5 heteroatoms. The molecule has 4 rings (SSSR count). The maximum absolute atomic E-state index is 5.34. The highest BCUT2D eigenvalue weighted by Gasteiger charge is 2.28. The van der Waals surface area contributed by atoms with Crippen molar-refractivity contribution in [3.8, 4) is 11.4 Å². The Balaban J connectivity index is 2.03. The van der Waals surface area contributed by atoms with E-state index in [4.69, 9.17) is 12.2 Å². The standard InChI is InChI=1S/C14H12N4S/c19-14-17-16-13(18(14)9-6-7-9)11-3-1-5-12-10(11)4-2-8-15-12/h1-5,8-9H,6-7H2,(H,17,19). The van der Waals surface area contributed by atoms with E-state index in [0.717, 1.165) is 22.3 Å². The molecule has 1 N–H and O–H groups in total. The number of nitrogens with one attached hydrogen (secondary N) is 1. The van der Waals surface area contributed by atoms with Crippen LogP contribution in [-0.4, -0.2) is 19.7 Å². The van der Waals surface area contributed by atoms with Gasteiger partial charge in [0.25, 0.3) is 0 Å². The third kappa shape index (κ3) is 1.69. The number of nitrogens with zero attached hydrogens (tertiary/aromatic N) is 3. The average molecular weight is 268 g/mol. The normalized spacial score (nSPS) is 14.9. The van der Waals surface area contributed by atoms with Gasteiger partial charge in [-0.2, -0.15) is 5.10 Å². The number of benzene rings is 1. The monoisotopic (exact) mass is 268 g/mol. The lowest BCUT2D eigenvalue weighted by Gasteiger charge is -2.07. The van der Waals surface area contributed by atoms with Crippen molar-refractivity contribution in [2.75, 3.05) is 0 Å². The predicted molar refractivity (Wildman–Crippen MR) is 76.4 cm³/mol. The predicted octanol–water partition coefficient (Wildman–Crippen LogP) is 3.49. The Kier molecular flexibility index (Phi) is 2.29. The molecule has 2 heterocycles. The van der Waals surface area contributed by atoms with Gasteiger partial charge in [0.05, 0.1) is 5.52 Å². The van der Waals surface area contributed by atoms with E-state index in [1.165, 1.54) is 12.8 Å². The first-order chi connectivity index (χ1) is 9.34. The molecule has 0 radical (unpaired) electrons. The first-order valence-corrected chi connectivity index (χ1v) is 6.76. The SMILES string of the molecule is S=c1[nH]nc(-c2cccc3ncccc23)n1C1CC1. The van der Waals surface area contributed by atoms with Crippen LogP contribution in [0.4, 0.5) is 0 Å². The summed E-state index contributed by atoms with van der Waals surface area (Å²) < 4.78 is 2.84. The van der Waals surface area contributed by atoms with Crippen molar-refractivity contribution in [3.63, 3.8) is 0 Å². The Morgan fingerprint density at radius 1 is 1.21 bits per heavy atom. The van der Waals surface area contributed by atoms with Gasteiger partial charge in [-0.25, -0.2) is 0 Å². The summed E-state index contributed by atoms with van der Waals surface area (Å²) in [5.74, 6) is 0.922. The fourth-order valence-corrected chi connectivity index (χ4v) is 2.75. The van der Waals surface area contributed by atoms with E-state index >= 15 is 0 Å². The number of aromatic nitrogens is 4. The summed E-state index contributed by atoms with van der Waals surface area (Å²) in [6.07, 6.45) is 4.18. The summed E-state index contributed by atoms with van der Waals surface area (Å²) >= 11 is 5.34. The third-order valence-electron chi connectivity index (χ3n) is 3.50. The molecule has 0 atom stereocenters. The molecule has 0 saturated heterocycles. The molecule has 19 heavy (non-hydrogen) atoms. The van der Waals surface area contributed by atoms with Crippen LogP contribution in [0.15, 0.2) is 36.5 Å². The highest BCUT2D eigenvalue weighted by Crippen LogP contribution is 2.39. The maximum atomic E-state index is 5.34. The number of fused-ring (bicyclic) bond motifs is 1. The first kappa shape index (κ1) is 10.9. The van der Waals surface area contributed by atoms with E-state index < -0.39 is 0 Å². The minimum atomic E-state index is 0.508. The molecule has 0 unspecified atom stereocenters. The van der Waals surface area contributed by atoms with Crippen LogP contribution >= 0.6 is 12.2 Å². The molecule has 1 aliphatic carbocycles. The molecule has 1 fully saturated rings. The van der Waals surface area contributed by atoms with Gasteiger partial charge in [0.2, 0.25) is 0 Å². The molecular weight excluding hydrogens is 256 g/mol. The largest absolute Gasteiger partial charge is 0.297 e. The smallest absolute Gasteiger partial charge is 0.195 e. The molecule has 3 aromatic rings. The van der Waals surface area contributed by atoms with E-state index in [1.54, 1.807) is 0 Å². The Bertz CT molecular complexity index is 808. The van der Waals surface area contributed by atoms with Crippen LogP contribution in [0.3, 0.4) is 0 Å². The summed E-state index contributed by atoms with van der Waals surface area (Å²) in [6, 6.07) is 10.6. The van der Waals surface area contributed by atoms with E-state index in [2.05, 4.69) is 31.9 Å². The van der Waals surface area contributed by atoms with Crippen LogP contribution in [0, 0.1) is 4.77 Å². The van der Waals surface area contributed by atoms with Gasteiger partial charge in [-0.3, -0.25) is 14.6 Å². The lowest BCUT2D eigenvalue weighted by Crippen LogP contribution is -1.98. The number of aromatic amines is 1. The maximum Gasteiger partial charge on any atom is 0.195 e. The summed E-state index contributed by atoms with van der Waals surface area (Å²) in [5.41, 5.74) is 2.07. The highest BCUT2D eigenvalue weighted by atomic mass is 32.1. The summed E-state index contributed by atoms with van der Waals surface area (Å²) in [5, 5.41) is 8.44. The van der Waals surface area contributed by atoms with Crippen LogP contribution in [0.1, 0.15) is 18.9 Å². The Hall–Kier alpha value is -2.01. The summed E-state index contributed by atoms with van der Waals surface area (Å²) in [6.45, 7) is 0. The molecule has 1 saturated carbocycles. The van der Waals surface area contributed by atoms with E-state index in [1.807, 2.05) is 24.4 Å². The topological polar surface area (TPSA) is 46.5 Å². The first-order valence-electron chi connectivity index (χ1n) is 6.35. The third-order valence-corrected chi connectivity index (χ3v) is 3.79. The molecule has 0 bridgehead atoms. The van der Waals surface area contributed by atoms with E-state index in [-0.39, 0.29) is 0 Å². The van der Waals surface area contributed by atoms with Crippen molar-refractivity contribution >= 4 is 23.1 Å². The zero-order valence-electron chi connectivity index (χ0n) is 10.2. The van der Waals surface area contributed by atoms with Gasteiger partial charge in [0.1, 0.15) is 0 Å². The molecule has 1 aliphatic rings. The molecule has 4 nitrogen and oxygen atoms in total. The van der Waals surface area contributed by atoms with Gasteiger partial charge in [-0.05, 0) is 37.2 Å². The number of rotatable bonds is 2. The molecular formula is C14H12N4S. The molecule has 0 spiro atoms. The van der Waals surface area contributed by atoms with Gasteiger partial charge in [0, 0.05) is 23.2 Å². The van der Waals surface area contributed by atoms with Gasteiger partial charge in [0.15, 0.2) is 10.6 Å². The number of pyridine rings is 1. The average Bonchev–Trinajstić information content (AvgIpc) is 3.21. The van der Waals surface area contributed by atoms with Crippen molar-refractivity contribution in [1.82, 2.24) is 19.7 Å². The van der Waals surface area contributed by atoms with E-state index in [0.29, 0.717) is 10.8 Å². The van der Waals surface area contributed by atoms with E-state index in [9.17, 15) is 0 Å². The zero-order valence-corrected chi connectivity index (χ0v) is 11.0.